The summed E-state index contributed by atoms with van der Waals surface area (Å²) in [4.78, 5) is 24.5. The Morgan fingerprint density at radius 2 is 1.94 bits per heavy atom. The lowest BCUT2D eigenvalue weighted by atomic mass is 9.88. The maximum atomic E-state index is 12.3. The topological polar surface area (TPSA) is 73.2 Å². The SMILES string of the molecule is Cc1nn(Cc2ccccc2)c(Cl)c1C=CC(=O)OCC(=O)NC1CCCc2ccccc21. The quantitative estimate of drug-likeness (QED) is 0.409. The van der Waals surface area contributed by atoms with Crippen molar-refractivity contribution in [2.24, 2.45) is 0 Å². The van der Waals surface area contributed by atoms with Gasteiger partial charge >= 0.3 is 5.97 Å². The number of aryl methyl sites for hydroxylation is 2. The molecule has 4 rings (SSSR count). The molecule has 7 heteroatoms. The van der Waals surface area contributed by atoms with Crippen LogP contribution in [0.1, 0.15) is 46.8 Å². The second-order valence-corrected chi connectivity index (χ2v) is 8.44. The number of esters is 1. The predicted molar refractivity (Wildman–Crippen MR) is 128 cm³/mol. The molecule has 1 aromatic heterocycles. The highest BCUT2D eigenvalue weighted by Gasteiger charge is 2.21. The van der Waals surface area contributed by atoms with E-state index in [0.717, 1.165) is 30.4 Å². The number of aromatic nitrogens is 2. The number of ether oxygens (including phenoxy) is 1. The zero-order valence-corrected chi connectivity index (χ0v) is 19.2. The van der Waals surface area contributed by atoms with Crippen LogP contribution in [0.5, 0.6) is 0 Å². The first-order valence-corrected chi connectivity index (χ1v) is 11.4. The van der Waals surface area contributed by atoms with E-state index in [0.29, 0.717) is 23.0 Å². The van der Waals surface area contributed by atoms with Gasteiger partial charge in [0.1, 0.15) is 5.15 Å². The van der Waals surface area contributed by atoms with E-state index in [1.54, 1.807) is 10.8 Å². The lowest BCUT2D eigenvalue weighted by Gasteiger charge is -2.26. The van der Waals surface area contributed by atoms with Crippen LogP contribution in [0.15, 0.2) is 60.7 Å². The van der Waals surface area contributed by atoms with Gasteiger partial charge in [-0.1, -0.05) is 66.2 Å². The number of amides is 1. The molecule has 1 N–H and O–H groups in total. The Morgan fingerprint density at radius 1 is 1.18 bits per heavy atom. The molecule has 0 bridgehead atoms. The molecule has 1 atom stereocenters. The number of halogens is 1. The van der Waals surface area contributed by atoms with Crippen LogP contribution in [0.2, 0.25) is 5.15 Å². The molecule has 1 aliphatic rings. The maximum Gasteiger partial charge on any atom is 0.331 e. The summed E-state index contributed by atoms with van der Waals surface area (Å²) in [7, 11) is 0. The number of carbonyl (C=O) groups is 2. The van der Waals surface area contributed by atoms with Crippen LogP contribution in [0.25, 0.3) is 6.08 Å². The highest BCUT2D eigenvalue weighted by Crippen LogP contribution is 2.29. The zero-order valence-electron chi connectivity index (χ0n) is 18.5. The highest BCUT2D eigenvalue weighted by atomic mass is 35.5. The molecule has 1 heterocycles. The largest absolute Gasteiger partial charge is 0.452 e. The van der Waals surface area contributed by atoms with Crippen molar-refractivity contribution < 1.29 is 14.3 Å². The Bertz CT molecular complexity index is 1170. The van der Waals surface area contributed by atoms with Crippen LogP contribution in [0.3, 0.4) is 0 Å². The molecule has 0 saturated heterocycles. The fourth-order valence-electron chi connectivity index (χ4n) is 4.09. The first-order valence-electron chi connectivity index (χ1n) is 11.0. The second kappa shape index (κ2) is 10.5. The van der Waals surface area contributed by atoms with Gasteiger partial charge in [0, 0.05) is 11.6 Å². The lowest BCUT2D eigenvalue weighted by molar-refractivity contribution is -0.144. The van der Waals surface area contributed by atoms with E-state index in [-0.39, 0.29) is 18.6 Å². The summed E-state index contributed by atoms with van der Waals surface area (Å²) < 4.78 is 6.82. The van der Waals surface area contributed by atoms with Crippen LogP contribution in [0.4, 0.5) is 0 Å². The van der Waals surface area contributed by atoms with Gasteiger partial charge in [0.15, 0.2) is 6.61 Å². The minimum atomic E-state index is -0.611. The number of nitrogens with zero attached hydrogens (tertiary/aromatic N) is 2. The number of nitrogens with one attached hydrogen (secondary N) is 1. The van der Waals surface area contributed by atoms with Gasteiger partial charge in [-0.15, -0.1) is 0 Å². The molecule has 0 spiro atoms. The van der Waals surface area contributed by atoms with Gasteiger partial charge in [-0.3, -0.25) is 4.79 Å². The molecule has 2 aromatic carbocycles. The van der Waals surface area contributed by atoms with Gasteiger partial charge in [-0.2, -0.15) is 5.10 Å². The number of carbonyl (C=O) groups excluding carboxylic acids is 2. The first-order chi connectivity index (χ1) is 16.0. The summed E-state index contributed by atoms with van der Waals surface area (Å²) in [5.74, 6) is -0.927. The number of fused-ring (bicyclic) bond motifs is 1. The van der Waals surface area contributed by atoms with Gasteiger partial charge in [0.25, 0.3) is 5.91 Å². The van der Waals surface area contributed by atoms with Crippen LogP contribution < -0.4 is 5.32 Å². The molecule has 3 aromatic rings. The van der Waals surface area contributed by atoms with E-state index >= 15 is 0 Å². The molecule has 1 unspecified atom stereocenters. The van der Waals surface area contributed by atoms with Crippen molar-refractivity contribution in [3.8, 4) is 0 Å². The molecule has 0 fully saturated rings. The molecule has 0 aliphatic heterocycles. The van der Waals surface area contributed by atoms with Crippen molar-refractivity contribution in [2.45, 2.75) is 38.8 Å². The number of hydrogen-bond acceptors (Lipinski definition) is 4. The molecule has 170 valence electrons. The maximum absolute atomic E-state index is 12.3. The van der Waals surface area contributed by atoms with E-state index < -0.39 is 5.97 Å². The Kier molecular flexibility index (Phi) is 7.25. The Balaban J connectivity index is 1.31. The van der Waals surface area contributed by atoms with Crippen molar-refractivity contribution in [2.75, 3.05) is 6.61 Å². The van der Waals surface area contributed by atoms with Crippen molar-refractivity contribution in [1.82, 2.24) is 15.1 Å². The average molecular weight is 464 g/mol. The molecular weight excluding hydrogens is 438 g/mol. The minimum absolute atomic E-state index is 0.0476. The Labute approximate surface area is 198 Å². The second-order valence-electron chi connectivity index (χ2n) is 8.09. The molecule has 0 radical (unpaired) electrons. The van der Waals surface area contributed by atoms with Crippen LogP contribution >= 0.6 is 11.6 Å². The Morgan fingerprint density at radius 3 is 2.76 bits per heavy atom. The van der Waals surface area contributed by atoms with Gasteiger partial charge in [0.05, 0.1) is 18.3 Å². The molecule has 6 nitrogen and oxygen atoms in total. The molecule has 1 aliphatic carbocycles. The minimum Gasteiger partial charge on any atom is -0.452 e. The fraction of sp³-hybridized carbons (Fsp3) is 0.269. The number of benzene rings is 2. The average Bonchev–Trinajstić information content (AvgIpc) is 3.09. The van der Waals surface area contributed by atoms with Crippen LogP contribution in [-0.2, 0) is 27.3 Å². The van der Waals surface area contributed by atoms with E-state index in [9.17, 15) is 9.59 Å². The standard InChI is InChI=1S/C26H26ClN3O3/c1-18-21(26(27)30(29-18)16-19-8-3-2-4-9-19)14-15-25(32)33-17-24(31)28-23-13-7-11-20-10-5-6-12-22(20)23/h2-6,8-10,12,14-15,23H,7,11,13,16-17H2,1H3,(H,28,31). The summed E-state index contributed by atoms with van der Waals surface area (Å²) in [5.41, 5.74) is 4.82. The Hall–Kier alpha value is -3.38. The first kappa shape index (κ1) is 22.8. The molecular formula is C26H26ClN3O3. The van der Waals surface area contributed by atoms with Gasteiger partial charge in [-0.25, -0.2) is 9.48 Å². The highest BCUT2D eigenvalue weighted by molar-refractivity contribution is 6.31. The molecule has 33 heavy (non-hydrogen) atoms. The van der Waals surface area contributed by atoms with Crippen LogP contribution in [-0.4, -0.2) is 28.3 Å². The summed E-state index contributed by atoms with van der Waals surface area (Å²) in [6.45, 7) is 2.03. The van der Waals surface area contributed by atoms with Crippen LogP contribution in [0, 0.1) is 6.92 Å². The van der Waals surface area contributed by atoms with Crippen molar-refractivity contribution in [3.63, 3.8) is 0 Å². The number of rotatable bonds is 7. The van der Waals surface area contributed by atoms with Gasteiger partial charge < -0.3 is 10.1 Å². The van der Waals surface area contributed by atoms with E-state index in [2.05, 4.69) is 16.5 Å². The smallest absolute Gasteiger partial charge is 0.331 e. The van der Waals surface area contributed by atoms with E-state index in [1.165, 1.54) is 11.6 Å². The number of hydrogen-bond donors (Lipinski definition) is 1. The fourth-order valence-corrected chi connectivity index (χ4v) is 4.39. The van der Waals surface area contributed by atoms with Gasteiger partial charge in [-0.05, 0) is 49.0 Å². The normalized spacial score (nSPS) is 15.3. The third-order valence-electron chi connectivity index (χ3n) is 5.72. The summed E-state index contributed by atoms with van der Waals surface area (Å²) in [5, 5.41) is 7.87. The van der Waals surface area contributed by atoms with Crippen molar-refractivity contribution in [1.29, 1.82) is 0 Å². The molecule has 1 amide bonds. The van der Waals surface area contributed by atoms with Crippen molar-refractivity contribution >= 4 is 29.6 Å². The van der Waals surface area contributed by atoms with E-state index in [4.69, 9.17) is 16.3 Å². The predicted octanol–water partition coefficient (Wildman–Crippen LogP) is 4.64. The third kappa shape index (κ3) is 5.71. The monoisotopic (exact) mass is 463 g/mol. The lowest BCUT2D eigenvalue weighted by Crippen LogP contribution is -2.34. The zero-order chi connectivity index (χ0) is 23.2. The van der Waals surface area contributed by atoms with Gasteiger partial charge in [0.2, 0.25) is 0 Å². The van der Waals surface area contributed by atoms with E-state index in [1.807, 2.05) is 55.5 Å². The summed E-state index contributed by atoms with van der Waals surface area (Å²) >= 11 is 6.47. The third-order valence-corrected chi connectivity index (χ3v) is 6.12. The molecule has 0 saturated carbocycles. The summed E-state index contributed by atoms with van der Waals surface area (Å²) in [6.07, 6.45) is 5.76. The van der Waals surface area contributed by atoms with Crippen molar-refractivity contribution in [3.05, 3.63) is 93.8 Å². The summed E-state index contributed by atoms with van der Waals surface area (Å²) in [6, 6.07) is 17.9.